The number of nitrogens with two attached hydrogens (primary N) is 1. The second-order valence-electron chi connectivity index (χ2n) is 6.67. The number of pyridine rings is 1. The van der Waals surface area contributed by atoms with Gasteiger partial charge in [0.2, 0.25) is 0 Å². The fourth-order valence-electron chi connectivity index (χ4n) is 3.22. The number of nitrogens with one attached hydrogen (secondary N) is 2. The first-order chi connectivity index (χ1) is 13.4. The van der Waals surface area contributed by atoms with E-state index >= 15 is 0 Å². The molecule has 0 aliphatic carbocycles. The number of piperidine rings is 1. The van der Waals surface area contributed by atoms with E-state index in [-0.39, 0.29) is 11.9 Å². The second kappa shape index (κ2) is 8.39. The van der Waals surface area contributed by atoms with Crippen molar-refractivity contribution in [3.05, 3.63) is 39.7 Å². The fraction of sp³-hybridized carbons (Fsp3) is 0.368. The molecular weight excluding hydrogens is 378 g/mol. The Balaban J connectivity index is 1.76. The molecule has 0 spiro atoms. The lowest BCUT2D eigenvalue weighted by Gasteiger charge is -2.34. The lowest BCUT2D eigenvalue weighted by Crippen LogP contribution is -2.44. The van der Waals surface area contributed by atoms with Crippen LogP contribution in [0.15, 0.2) is 24.4 Å². The van der Waals surface area contributed by atoms with Crippen molar-refractivity contribution in [1.82, 2.24) is 15.2 Å². The number of nitrogens with zero attached hydrogens (tertiary/aromatic N) is 2. The maximum atomic E-state index is 12.8. The highest BCUT2D eigenvalue weighted by Gasteiger charge is 2.33. The molecule has 0 unspecified atom stereocenters. The van der Waals surface area contributed by atoms with Crippen LogP contribution in [0.5, 0.6) is 0 Å². The van der Waals surface area contributed by atoms with Gasteiger partial charge in [0.1, 0.15) is 5.82 Å². The van der Waals surface area contributed by atoms with Crippen LogP contribution in [0.2, 0.25) is 0 Å². The zero-order valence-electron chi connectivity index (χ0n) is 15.8. The zero-order valence-corrected chi connectivity index (χ0v) is 16.6. The number of carbonyl (C=O) groups excluding carboxylic acids is 3. The van der Waals surface area contributed by atoms with Crippen LogP contribution in [0.25, 0.3) is 0 Å². The maximum absolute atomic E-state index is 12.8. The number of nitrogen functional groups attached to an aromatic ring is 1. The number of anilines is 2. The minimum atomic E-state index is -0.707. The van der Waals surface area contributed by atoms with Crippen molar-refractivity contribution >= 4 is 40.6 Å². The van der Waals surface area contributed by atoms with Gasteiger partial charge in [-0.15, -0.1) is 11.3 Å². The third kappa shape index (κ3) is 4.14. The van der Waals surface area contributed by atoms with Gasteiger partial charge in [-0.3, -0.25) is 14.4 Å². The first-order valence-electron chi connectivity index (χ1n) is 9.06. The van der Waals surface area contributed by atoms with Crippen LogP contribution in [-0.4, -0.2) is 41.2 Å². The summed E-state index contributed by atoms with van der Waals surface area (Å²) in [6.45, 7) is 2.28. The maximum Gasteiger partial charge on any atom is 0.313 e. The molecular formula is C19H23N5O3S. The third-order valence-corrected chi connectivity index (χ3v) is 5.93. The average molecular weight is 401 g/mol. The standard InChI is InChI=1S/C19H23N5O3S/c1-11-9-12(10-22-16(11)20)23-18(26)19(27)24-8-4-3-5-13(24)14-6-7-15(28-14)17(25)21-2/h6-7,9-10,13H,3-5,8H2,1-2H3,(H2,20,22)(H,21,25)(H,23,26)/t13-/m0/s1. The molecule has 4 N–H and O–H groups in total. The topological polar surface area (TPSA) is 117 Å². The summed E-state index contributed by atoms with van der Waals surface area (Å²) in [6, 6.07) is 5.08. The molecule has 28 heavy (non-hydrogen) atoms. The first kappa shape index (κ1) is 19.8. The van der Waals surface area contributed by atoms with Crippen LogP contribution in [0, 0.1) is 6.92 Å². The van der Waals surface area contributed by atoms with E-state index in [1.807, 2.05) is 6.07 Å². The molecule has 1 fully saturated rings. The lowest BCUT2D eigenvalue weighted by atomic mass is 10.0. The summed E-state index contributed by atoms with van der Waals surface area (Å²) in [5.74, 6) is -1.08. The van der Waals surface area contributed by atoms with Crippen LogP contribution in [0.3, 0.4) is 0 Å². The van der Waals surface area contributed by atoms with Gasteiger partial charge in [-0.1, -0.05) is 0 Å². The van der Waals surface area contributed by atoms with Crippen LogP contribution in [0.4, 0.5) is 11.5 Å². The summed E-state index contributed by atoms with van der Waals surface area (Å²) in [5, 5.41) is 5.20. The molecule has 3 heterocycles. The van der Waals surface area contributed by atoms with E-state index in [0.29, 0.717) is 22.9 Å². The molecule has 1 saturated heterocycles. The van der Waals surface area contributed by atoms with Crippen molar-refractivity contribution in [3.8, 4) is 0 Å². The Morgan fingerprint density at radius 3 is 2.79 bits per heavy atom. The van der Waals surface area contributed by atoms with E-state index in [1.54, 1.807) is 31.0 Å². The van der Waals surface area contributed by atoms with Gasteiger partial charge >= 0.3 is 11.8 Å². The van der Waals surface area contributed by atoms with Gasteiger partial charge in [0.25, 0.3) is 5.91 Å². The summed E-state index contributed by atoms with van der Waals surface area (Å²) in [6.07, 6.45) is 3.99. The largest absolute Gasteiger partial charge is 0.383 e. The van der Waals surface area contributed by atoms with Crippen LogP contribution < -0.4 is 16.4 Å². The molecule has 3 amide bonds. The van der Waals surface area contributed by atoms with Gasteiger partial charge in [0.05, 0.1) is 22.8 Å². The van der Waals surface area contributed by atoms with E-state index in [9.17, 15) is 14.4 Å². The van der Waals surface area contributed by atoms with Gasteiger partial charge in [0, 0.05) is 18.5 Å². The second-order valence-corrected chi connectivity index (χ2v) is 7.79. The number of hydrogen-bond donors (Lipinski definition) is 3. The van der Waals surface area contributed by atoms with Crippen molar-refractivity contribution < 1.29 is 14.4 Å². The Morgan fingerprint density at radius 2 is 2.07 bits per heavy atom. The van der Waals surface area contributed by atoms with E-state index in [2.05, 4.69) is 15.6 Å². The number of carbonyl (C=O) groups is 3. The molecule has 0 aromatic carbocycles. The minimum Gasteiger partial charge on any atom is -0.383 e. The Bertz CT molecular complexity index is 911. The molecule has 1 aliphatic heterocycles. The predicted molar refractivity (Wildman–Crippen MR) is 108 cm³/mol. The highest BCUT2D eigenvalue weighted by Crippen LogP contribution is 2.35. The number of rotatable bonds is 3. The van der Waals surface area contributed by atoms with Crippen LogP contribution in [-0.2, 0) is 9.59 Å². The smallest absolute Gasteiger partial charge is 0.313 e. The first-order valence-corrected chi connectivity index (χ1v) is 9.88. The number of aromatic nitrogens is 1. The zero-order chi connectivity index (χ0) is 20.3. The number of likely N-dealkylation sites (tertiary alicyclic amines) is 1. The van der Waals surface area contributed by atoms with E-state index in [1.165, 1.54) is 17.5 Å². The van der Waals surface area contributed by atoms with Gasteiger partial charge < -0.3 is 21.3 Å². The summed E-state index contributed by atoms with van der Waals surface area (Å²) in [4.78, 5) is 44.3. The molecule has 2 aromatic rings. The highest BCUT2D eigenvalue weighted by atomic mass is 32.1. The van der Waals surface area contributed by atoms with Crippen molar-refractivity contribution in [2.24, 2.45) is 0 Å². The normalized spacial score (nSPS) is 16.5. The quantitative estimate of drug-likeness (QED) is 0.681. The molecule has 0 radical (unpaired) electrons. The molecule has 1 aliphatic rings. The molecule has 3 rings (SSSR count). The molecule has 1 atom stereocenters. The molecule has 0 saturated carbocycles. The Morgan fingerprint density at radius 1 is 1.29 bits per heavy atom. The van der Waals surface area contributed by atoms with Crippen LogP contribution >= 0.6 is 11.3 Å². The molecule has 2 aromatic heterocycles. The molecule has 0 bridgehead atoms. The number of aryl methyl sites for hydroxylation is 1. The number of thiophene rings is 1. The van der Waals surface area contributed by atoms with Crippen molar-refractivity contribution in [2.75, 3.05) is 24.6 Å². The Kier molecular flexibility index (Phi) is 5.93. The van der Waals surface area contributed by atoms with Crippen molar-refractivity contribution in [1.29, 1.82) is 0 Å². The summed E-state index contributed by atoms with van der Waals surface area (Å²) >= 11 is 1.35. The fourth-order valence-corrected chi connectivity index (χ4v) is 4.32. The Hall–Kier alpha value is -2.94. The SMILES string of the molecule is CNC(=O)c1ccc([C@@H]2CCCCN2C(=O)C(=O)Nc2cnc(N)c(C)c2)s1. The van der Waals surface area contributed by atoms with Crippen LogP contribution in [0.1, 0.15) is 45.4 Å². The molecule has 9 heteroatoms. The number of hydrogen-bond acceptors (Lipinski definition) is 6. The van der Waals surface area contributed by atoms with Crippen molar-refractivity contribution in [2.45, 2.75) is 32.2 Å². The summed E-state index contributed by atoms with van der Waals surface area (Å²) in [5.41, 5.74) is 6.84. The van der Waals surface area contributed by atoms with E-state index < -0.39 is 11.8 Å². The Labute approximate surface area is 167 Å². The lowest BCUT2D eigenvalue weighted by molar-refractivity contribution is -0.145. The summed E-state index contributed by atoms with van der Waals surface area (Å²) in [7, 11) is 1.58. The van der Waals surface area contributed by atoms with Gasteiger partial charge in [-0.25, -0.2) is 4.98 Å². The monoisotopic (exact) mass is 401 g/mol. The minimum absolute atomic E-state index is 0.158. The molecule has 8 nitrogen and oxygen atoms in total. The van der Waals surface area contributed by atoms with Crippen molar-refractivity contribution in [3.63, 3.8) is 0 Å². The predicted octanol–water partition coefficient (Wildman–Crippen LogP) is 2.09. The average Bonchev–Trinajstić information content (AvgIpc) is 3.19. The number of amides is 3. The third-order valence-electron chi connectivity index (χ3n) is 4.74. The van der Waals surface area contributed by atoms with E-state index in [4.69, 9.17) is 5.73 Å². The highest BCUT2D eigenvalue weighted by molar-refractivity contribution is 7.14. The van der Waals surface area contributed by atoms with Gasteiger partial charge in [0.15, 0.2) is 0 Å². The van der Waals surface area contributed by atoms with Gasteiger partial charge in [-0.05, 0) is 49.9 Å². The van der Waals surface area contributed by atoms with E-state index in [0.717, 1.165) is 29.7 Å². The molecule has 148 valence electrons. The van der Waals surface area contributed by atoms with Gasteiger partial charge in [-0.2, -0.15) is 0 Å². The summed E-state index contributed by atoms with van der Waals surface area (Å²) < 4.78 is 0.